The molecule has 2 aromatic heterocycles. The number of carbonyl (C=O) groups is 2. The molecule has 0 unspecified atom stereocenters. The van der Waals surface area contributed by atoms with Gasteiger partial charge in [-0.3, -0.25) is 9.59 Å². The SMILES string of the molecule is O=C(Nc1ccccn1)C1CCN(C(=O)c2ccc(Cn3cncn3)cc2)CC1. The predicted molar refractivity (Wildman–Crippen MR) is 107 cm³/mol. The highest BCUT2D eigenvalue weighted by molar-refractivity contribution is 5.95. The van der Waals surface area contributed by atoms with Crippen LogP contribution in [-0.2, 0) is 11.3 Å². The number of nitrogens with one attached hydrogen (secondary N) is 1. The number of likely N-dealkylation sites (tertiary alicyclic amines) is 1. The highest BCUT2D eigenvalue weighted by atomic mass is 16.2. The Bertz CT molecular complexity index is 949. The minimum atomic E-state index is -0.105. The second kappa shape index (κ2) is 8.64. The lowest BCUT2D eigenvalue weighted by atomic mass is 9.95. The van der Waals surface area contributed by atoms with Gasteiger partial charge in [0, 0.05) is 30.8 Å². The van der Waals surface area contributed by atoms with Crippen LogP contribution in [-0.4, -0.2) is 49.6 Å². The fourth-order valence-corrected chi connectivity index (χ4v) is 3.45. The Kier molecular flexibility index (Phi) is 5.60. The Morgan fingerprint density at radius 1 is 1.07 bits per heavy atom. The Balaban J connectivity index is 1.30. The van der Waals surface area contributed by atoms with Crippen molar-refractivity contribution in [3.63, 3.8) is 0 Å². The fraction of sp³-hybridized carbons (Fsp3) is 0.286. The first-order valence-corrected chi connectivity index (χ1v) is 9.61. The standard InChI is InChI=1S/C21H22N6O2/c28-20(25-19-3-1-2-10-23-19)17-8-11-26(12-9-17)21(29)18-6-4-16(5-7-18)13-27-15-22-14-24-27/h1-7,10,14-15,17H,8-9,11-13H2,(H,23,25,28). The lowest BCUT2D eigenvalue weighted by molar-refractivity contribution is -0.121. The van der Waals surface area contributed by atoms with Gasteiger partial charge in [0.2, 0.25) is 5.91 Å². The molecule has 8 heteroatoms. The lowest BCUT2D eigenvalue weighted by Crippen LogP contribution is -2.41. The summed E-state index contributed by atoms with van der Waals surface area (Å²) in [6.07, 6.45) is 6.10. The molecule has 1 aliphatic heterocycles. The first-order valence-electron chi connectivity index (χ1n) is 9.61. The number of hydrogen-bond donors (Lipinski definition) is 1. The quantitative estimate of drug-likeness (QED) is 0.721. The van der Waals surface area contributed by atoms with Crippen LogP contribution in [0.1, 0.15) is 28.8 Å². The van der Waals surface area contributed by atoms with E-state index in [4.69, 9.17) is 0 Å². The second-order valence-corrected chi connectivity index (χ2v) is 7.06. The first kappa shape index (κ1) is 18.8. The molecule has 0 bridgehead atoms. The Hall–Kier alpha value is -3.55. The topological polar surface area (TPSA) is 93.0 Å². The van der Waals surface area contributed by atoms with E-state index in [0.717, 1.165) is 5.56 Å². The molecule has 1 N–H and O–H groups in total. The van der Waals surface area contributed by atoms with Crippen molar-refractivity contribution in [3.05, 3.63) is 72.4 Å². The van der Waals surface area contributed by atoms with Gasteiger partial charge in [0.05, 0.1) is 6.54 Å². The van der Waals surface area contributed by atoms with Crippen LogP contribution in [0.3, 0.4) is 0 Å². The van der Waals surface area contributed by atoms with E-state index in [1.807, 2.05) is 35.2 Å². The molecule has 8 nitrogen and oxygen atoms in total. The molecule has 3 aromatic rings. The first-order chi connectivity index (χ1) is 14.2. The molecule has 0 atom stereocenters. The van der Waals surface area contributed by atoms with Gasteiger partial charge in [-0.1, -0.05) is 18.2 Å². The Morgan fingerprint density at radius 2 is 1.86 bits per heavy atom. The zero-order valence-corrected chi connectivity index (χ0v) is 15.9. The van der Waals surface area contributed by atoms with Crippen molar-refractivity contribution in [2.75, 3.05) is 18.4 Å². The van der Waals surface area contributed by atoms with Gasteiger partial charge in [0.15, 0.2) is 0 Å². The molecule has 0 aliphatic carbocycles. The molecule has 0 spiro atoms. The zero-order chi connectivity index (χ0) is 20.1. The maximum atomic E-state index is 12.8. The van der Waals surface area contributed by atoms with Crippen molar-refractivity contribution in [1.82, 2.24) is 24.6 Å². The molecule has 29 heavy (non-hydrogen) atoms. The third-order valence-electron chi connectivity index (χ3n) is 5.08. The molecule has 1 fully saturated rings. The summed E-state index contributed by atoms with van der Waals surface area (Å²) in [7, 11) is 0. The Morgan fingerprint density at radius 3 is 2.52 bits per heavy atom. The summed E-state index contributed by atoms with van der Waals surface area (Å²) >= 11 is 0. The van der Waals surface area contributed by atoms with Crippen LogP contribution in [0, 0.1) is 5.92 Å². The van der Waals surface area contributed by atoms with Crippen molar-refractivity contribution >= 4 is 17.6 Å². The van der Waals surface area contributed by atoms with Crippen molar-refractivity contribution < 1.29 is 9.59 Å². The van der Waals surface area contributed by atoms with Gasteiger partial charge < -0.3 is 10.2 Å². The highest BCUT2D eigenvalue weighted by Gasteiger charge is 2.28. The van der Waals surface area contributed by atoms with E-state index in [-0.39, 0.29) is 17.7 Å². The van der Waals surface area contributed by atoms with E-state index in [2.05, 4.69) is 20.4 Å². The summed E-state index contributed by atoms with van der Waals surface area (Å²) in [5.41, 5.74) is 1.71. The number of rotatable bonds is 5. The summed E-state index contributed by atoms with van der Waals surface area (Å²) < 4.78 is 1.73. The molecule has 1 aliphatic rings. The van der Waals surface area contributed by atoms with Crippen molar-refractivity contribution in [3.8, 4) is 0 Å². The monoisotopic (exact) mass is 390 g/mol. The van der Waals surface area contributed by atoms with Gasteiger partial charge in [-0.05, 0) is 42.7 Å². The van der Waals surface area contributed by atoms with Gasteiger partial charge in [-0.15, -0.1) is 0 Å². The van der Waals surface area contributed by atoms with Crippen LogP contribution >= 0.6 is 0 Å². The van der Waals surface area contributed by atoms with Crippen LogP contribution in [0.15, 0.2) is 61.3 Å². The number of aromatic nitrogens is 4. The molecule has 148 valence electrons. The summed E-state index contributed by atoms with van der Waals surface area (Å²) in [6.45, 7) is 1.75. The van der Waals surface area contributed by atoms with Crippen molar-refractivity contribution in [1.29, 1.82) is 0 Å². The number of benzene rings is 1. The minimum absolute atomic E-state index is 0.000824. The molecule has 4 rings (SSSR count). The number of amides is 2. The third-order valence-corrected chi connectivity index (χ3v) is 5.08. The van der Waals surface area contributed by atoms with E-state index < -0.39 is 0 Å². The third kappa shape index (κ3) is 4.66. The van der Waals surface area contributed by atoms with E-state index in [1.54, 1.807) is 29.3 Å². The van der Waals surface area contributed by atoms with Gasteiger partial charge >= 0.3 is 0 Å². The van der Waals surface area contributed by atoms with Crippen LogP contribution in [0.25, 0.3) is 0 Å². The van der Waals surface area contributed by atoms with E-state index >= 15 is 0 Å². The van der Waals surface area contributed by atoms with Crippen LogP contribution in [0.5, 0.6) is 0 Å². The lowest BCUT2D eigenvalue weighted by Gasteiger charge is -2.31. The number of hydrogen-bond acceptors (Lipinski definition) is 5. The van der Waals surface area contributed by atoms with Crippen molar-refractivity contribution in [2.45, 2.75) is 19.4 Å². The fourth-order valence-electron chi connectivity index (χ4n) is 3.45. The van der Waals surface area contributed by atoms with Crippen LogP contribution in [0.4, 0.5) is 5.82 Å². The maximum Gasteiger partial charge on any atom is 0.253 e. The van der Waals surface area contributed by atoms with Crippen LogP contribution < -0.4 is 5.32 Å². The number of pyridine rings is 1. The molecular formula is C21H22N6O2. The summed E-state index contributed by atoms with van der Waals surface area (Å²) in [5, 5.41) is 6.93. The van der Waals surface area contributed by atoms with Crippen molar-refractivity contribution in [2.24, 2.45) is 5.92 Å². The average molecular weight is 390 g/mol. The van der Waals surface area contributed by atoms with Gasteiger partial charge in [0.25, 0.3) is 5.91 Å². The van der Waals surface area contributed by atoms with Gasteiger partial charge in [-0.25, -0.2) is 14.6 Å². The molecule has 0 saturated carbocycles. The normalized spacial score (nSPS) is 14.6. The predicted octanol–water partition coefficient (Wildman–Crippen LogP) is 2.21. The number of anilines is 1. The average Bonchev–Trinajstić information content (AvgIpc) is 3.28. The molecule has 1 saturated heterocycles. The van der Waals surface area contributed by atoms with Gasteiger partial charge in [-0.2, -0.15) is 5.10 Å². The maximum absolute atomic E-state index is 12.8. The summed E-state index contributed by atoms with van der Waals surface area (Å²) in [5.74, 6) is 0.419. The molecule has 3 heterocycles. The second-order valence-electron chi connectivity index (χ2n) is 7.06. The molecular weight excluding hydrogens is 368 g/mol. The Labute approximate surface area is 168 Å². The summed E-state index contributed by atoms with van der Waals surface area (Å²) in [6, 6.07) is 13.0. The van der Waals surface area contributed by atoms with Gasteiger partial charge in [0.1, 0.15) is 18.5 Å². The number of carbonyl (C=O) groups excluding carboxylic acids is 2. The van der Waals surface area contributed by atoms with E-state index in [9.17, 15) is 9.59 Å². The smallest absolute Gasteiger partial charge is 0.253 e. The summed E-state index contributed by atoms with van der Waals surface area (Å²) in [4.78, 5) is 35.1. The van der Waals surface area contributed by atoms with Crippen LogP contribution in [0.2, 0.25) is 0 Å². The van der Waals surface area contributed by atoms with E-state index in [0.29, 0.717) is 43.9 Å². The molecule has 2 amide bonds. The minimum Gasteiger partial charge on any atom is -0.339 e. The zero-order valence-electron chi connectivity index (χ0n) is 15.9. The highest BCUT2D eigenvalue weighted by Crippen LogP contribution is 2.21. The molecule has 1 aromatic carbocycles. The van der Waals surface area contributed by atoms with E-state index in [1.165, 1.54) is 6.33 Å². The molecule has 0 radical (unpaired) electrons. The number of piperidine rings is 1. The largest absolute Gasteiger partial charge is 0.339 e. The number of nitrogens with zero attached hydrogens (tertiary/aromatic N) is 5.